The van der Waals surface area contributed by atoms with Gasteiger partial charge in [0.15, 0.2) is 0 Å². The summed E-state index contributed by atoms with van der Waals surface area (Å²) in [5, 5.41) is 1.02. The molecular weight excluding hydrogens is 294 g/mol. The molecule has 0 atom stereocenters. The van der Waals surface area contributed by atoms with Gasteiger partial charge >= 0.3 is 0 Å². The van der Waals surface area contributed by atoms with Crippen molar-refractivity contribution in [2.75, 3.05) is 0 Å². The largest absolute Gasteiger partial charge is 0.0891 e. The predicted molar refractivity (Wildman–Crippen MR) is 66.5 cm³/mol. The van der Waals surface area contributed by atoms with Crippen LogP contribution in [0.25, 0.3) is 0 Å². The van der Waals surface area contributed by atoms with E-state index in [-0.39, 0.29) is 0 Å². The average molecular weight is 309 g/mol. The molecule has 0 aromatic rings. The number of allylic oxidation sites excluding steroid dienone is 4. The lowest BCUT2D eigenvalue weighted by Crippen LogP contribution is -2.19. The first kappa shape index (κ1) is 10.0. The molecule has 2 aliphatic carbocycles. The van der Waals surface area contributed by atoms with Crippen LogP contribution in [0.2, 0.25) is 0 Å². The van der Waals surface area contributed by atoms with Gasteiger partial charge in [-0.1, -0.05) is 58.7 Å². The summed E-state index contributed by atoms with van der Waals surface area (Å²) in [6.07, 6.45) is 12.1. The summed E-state index contributed by atoms with van der Waals surface area (Å²) in [6.45, 7) is 0. The highest BCUT2D eigenvalue weighted by Gasteiger charge is 2.34. The Labute approximate surface area is 98.6 Å². The van der Waals surface area contributed by atoms with Crippen LogP contribution in [-0.4, -0.2) is 3.42 Å². The Morgan fingerprint density at radius 1 is 1.15 bits per heavy atom. The Morgan fingerprint density at radius 2 is 1.85 bits per heavy atom. The van der Waals surface area contributed by atoms with Gasteiger partial charge in [0.1, 0.15) is 0 Å². The van der Waals surface area contributed by atoms with Gasteiger partial charge in [-0.2, -0.15) is 0 Å². The van der Waals surface area contributed by atoms with E-state index in [2.05, 4.69) is 34.7 Å². The second-order valence-electron chi connectivity index (χ2n) is 3.98. The van der Waals surface area contributed by atoms with Crippen molar-refractivity contribution in [3.8, 4) is 0 Å². The van der Waals surface area contributed by atoms with Crippen LogP contribution in [-0.2, 0) is 0 Å². The fraction of sp³-hybridized carbons (Fsp3) is 0.636. The van der Waals surface area contributed by atoms with Gasteiger partial charge in [0.25, 0.3) is 0 Å². The van der Waals surface area contributed by atoms with E-state index in [9.17, 15) is 0 Å². The van der Waals surface area contributed by atoms with Gasteiger partial charge in [-0.15, -0.1) is 0 Å². The summed E-state index contributed by atoms with van der Waals surface area (Å²) in [5.41, 5.74) is 1.62. The maximum atomic E-state index is 5.95. The van der Waals surface area contributed by atoms with Crippen LogP contribution in [0.1, 0.15) is 38.5 Å². The molecule has 0 bridgehead atoms. The van der Waals surface area contributed by atoms with Crippen molar-refractivity contribution >= 4 is 34.2 Å². The van der Waals surface area contributed by atoms with Crippen LogP contribution in [0, 0.1) is 0 Å². The molecule has 2 heteroatoms. The van der Waals surface area contributed by atoms with E-state index >= 15 is 0 Å². The summed E-state index contributed by atoms with van der Waals surface area (Å²) in [5.74, 6) is 0. The molecule has 0 nitrogen and oxygen atoms in total. The van der Waals surface area contributed by atoms with Crippen molar-refractivity contribution in [2.45, 2.75) is 41.9 Å². The molecule has 1 saturated carbocycles. The summed E-state index contributed by atoms with van der Waals surface area (Å²) in [7, 11) is 0. The van der Waals surface area contributed by atoms with Gasteiger partial charge in [-0.25, -0.2) is 0 Å². The zero-order valence-corrected chi connectivity index (χ0v) is 10.6. The second kappa shape index (κ2) is 3.93. The molecule has 0 aromatic carbocycles. The van der Waals surface area contributed by atoms with Crippen LogP contribution in [0.4, 0.5) is 0 Å². The maximum absolute atomic E-state index is 5.95. The predicted octanol–water partition coefficient (Wildman–Crippen LogP) is 4.58. The lowest BCUT2D eigenvalue weighted by atomic mass is 9.91. The molecular formula is C11H14ClI. The molecule has 0 heterocycles. The average Bonchev–Trinajstić information content (AvgIpc) is 2.54. The number of hydrogen-bond acceptors (Lipinski definition) is 0. The third-order valence-electron chi connectivity index (χ3n) is 3.07. The number of halogens is 2. The van der Waals surface area contributed by atoms with Gasteiger partial charge in [0, 0.05) is 8.45 Å². The van der Waals surface area contributed by atoms with Crippen LogP contribution in [0.15, 0.2) is 22.8 Å². The van der Waals surface area contributed by atoms with E-state index in [4.69, 9.17) is 11.6 Å². The molecule has 0 radical (unpaired) electrons. The van der Waals surface area contributed by atoms with Crippen molar-refractivity contribution in [3.63, 3.8) is 0 Å². The van der Waals surface area contributed by atoms with E-state index < -0.39 is 0 Å². The van der Waals surface area contributed by atoms with Gasteiger partial charge in [0.2, 0.25) is 0 Å². The maximum Gasteiger partial charge on any atom is 0.0433 e. The molecule has 0 unspecified atom stereocenters. The normalized spacial score (nSPS) is 26.9. The fourth-order valence-corrected chi connectivity index (χ4v) is 3.61. The molecule has 0 spiro atoms. The Hall–Kier alpha value is 0.500. The Kier molecular flexibility index (Phi) is 3.04. The molecule has 0 N–H and O–H groups in total. The van der Waals surface area contributed by atoms with Crippen molar-refractivity contribution in [1.82, 2.24) is 0 Å². The first-order valence-electron chi connectivity index (χ1n) is 4.95. The summed E-state index contributed by atoms with van der Waals surface area (Å²) in [4.78, 5) is 0. The van der Waals surface area contributed by atoms with Crippen LogP contribution >= 0.6 is 34.2 Å². The third kappa shape index (κ3) is 2.12. The van der Waals surface area contributed by atoms with Crippen molar-refractivity contribution < 1.29 is 0 Å². The van der Waals surface area contributed by atoms with E-state index in [1.165, 1.54) is 32.1 Å². The monoisotopic (exact) mass is 308 g/mol. The summed E-state index contributed by atoms with van der Waals surface area (Å²) < 4.78 is 0.478. The first-order valence-corrected chi connectivity index (χ1v) is 6.41. The van der Waals surface area contributed by atoms with Gasteiger partial charge in [0.05, 0.1) is 0 Å². The van der Waals surface area contributed by atoms with E-state index in [0.29, 0.717) is 3.42 Å². The second-order valence-corrected chi connectivity index (χ2v) is 6.53. The van der Waals surface area contributed by atoms with Crippen molar-refractivity contribution in [1.29, 1.82) is 0 Å². The van der Waals surface area contributed by atoms with Crippen LogP contribution < -0.4 is 0 Å². The molecule has 72 valence electrons. The van der Waals surface area contributed by atoms with Gasteiger partial charge in [-0.3, -0.25) is 0 Å². The fourth-order valence-electron chi connectivity index (χ4n) is 2.24. The van der Waals surface area contributed by atoms with Crippen molar-refractivity contribution in [3.05, 3.63) is 22.8 Å². The lowest BCUT2D eigenvalue weighted by Gasteiger charge is -2.27. The Morgan fingerprint density at radius 3 is 2.38 bits per heavy atom. The minimum atomic E-state index is 0.478. The van der Waals surface area contributed by atoms with E-state index in [1.54, 1.807) is 5.57 Å². The van der Waals surface area contributed by atoms with Crippen LogP contribution in [0.3, 0.4) is 0 Å². The van der Waals surface area contributed by atoms with Crippen molar-refractivity contribution in [2.24, 2.45) is 0 Å². The minimum absolute atomic E-state index is 0.478. The minimum Gasteiger partial charge on any atom is -0.0891 e. The molecule has 2 rings (SSSR count). The molecule has 1 fully saturated rings. The molecule has 2 aliphatic rings. The topological polar surface area (TPSA) is 0 Å². The van der Waals surface area contributed by atoms with E-state index in [1.807, 2.05) is 0 Å². The standard InChI is InChI=1S/C11H14ClI/c12-10-5-3-9(4-6-10)11(13)7-1-2-8-11/h3,5H,1-2,4,6-8H2. The molecule has 13 heavy (non-hydrogen) atoms. The van der Waals surface area contributed by atoms with Gasteiger partial charge < -0.3 is 0 Å². The quantitative estimate of drug-likeness (QED) is 0.491. The smallest absolute Gasteiger partial charge is 0.0433 e. The van der Waals surface area contributed by atoms with E-state index in [0.717, 1.165) is 11.5 Å². The molecule has 0 aliphatic heterocycles. The summed E-state index contributed by atoms with van der Waals surface area (Å²) in [6, 6.07) is 0. The molecule has 0 aromatic heterocycles. The number of rotatable bonds is 1. The molecule has 0 amide bonds. The SMILES string of the molecule is ClC1=CC=C(C2(I)CCCC2)CC1. The Bertz CT molecular complexity index is 259. The highest BCUT2D eigenvalue weighted by molar-refractivity contribution is 14.1. The zero-order valence-electron chi connectivity index (χ0n) is 7.65. The molecule has 0 saturated heterocycles. The third-order valence-corrected chi connectivity index (χ3v) is 5.16. The highest BCUT2D eigenvalue weighted by atomic mass is 127. The first-order chi connectivity index (χ1) is 6.21. The zero-order chi connectivity index (χ0) is 9.31. The highest BCUT2D eigenvalue weighted by Crippen LogP contribution is 2.46. The Balaban J connectivity index is 2.16. The lowest BCUT2D eigenvalue weighted by molar-refractivity contribution is 0.689. The number of hydrogen-bond donors (Lipinski definition) is 0. The summed E-state index contributed by atoms with van der Waals surface area (Å²) >= 11 is 8.60. The number of alkyl halides is 1. The van der Waals surface area contributed by atoms with Crippen LogP contribution in [0.5, 0.6) is 0 Å². The van der Waals surface area contributed by atoms with Gasteiger partial charge in [-0.05, 0) is 31.8 Å².